The summed E-state index contributed by atoms with van der Waals surface area (Å²) in [5.74, 6) is 2.26. The van der Waals surface area contributed by atoms with Crippen molar-refractivity contribution in [2.24, 2.45) is 0 Å². The lowest BCUT2D eigenvalue weighted by Gasteiger charge is -2.19. The van der Waals surface area contributed by atoms with Crippen LogP contribution in [0.5, 0.6) is 11.5 Å². The zero-order valence-electron chi connectivity index (χ0n) is 15.0. The van der Waals surface area contributed by atoms with E-state index >= 15 is 0 Å². The van der Waals surface area contributed by atoms with Crippen molar-refractivity contribution in [3.63, 3.8) is 0 Å². The van der Waals surface area contributed by atoms with Crippen LogP contribution in [-0.4, -0.2) is 27.0 Å². The standard InChI is InChI=1S/C19H20N4O2S/c1-19(2,3)14-6-4-13(5-7-14)11-26-18-20-21-22-23(18)15-8-9-16-17(10-15)25-12-24-16/h4-10H,11-12H2,1-3H3. The summed E-state index contributed by atoms with van der Waals surface area (Å²) >= 11 is 1.60. The first-order chi connectivity index (χ1) is 12.5. The molecule has 134 valence electrons. The molecule has 1 aliphatic heterocycles. The highest BCUT2D eigenvalue weighted by Crippen LogP contribution is 2.34. The summed E-state index contributed by atoms with van der Waals surface area (Å²) in [7, 11) is 0. The minimum atomic E-state index is 0.162. The van der Waals surface area contributed by atoms with E-state index in [1.165, 1.54) is 11.1 Å². The van der Waals surface area contributed by atoms with Gasteiger partial charge in [0.25, 0.3) is 0 Å². The monoisotopic (exact) mass is 368 g/mol. The molecule has 7 heteroatoms. The van der Waals surface area contributed by atoms with E-state index in [-0.39, 0.29) is 12.2 Å². The molecule has 1 aliphatic rings. The lowest BCUT2D eigenvalue weighted by atomic mass is 9.87. The molecule has 0 atom stereocenters. The molecule has 0 aliphatic carbocycles. The van der Waals surface area contributed by atoms with Gasteiger partial charge in [-0.2, -0.15) is 4.68 Å². The molecule has 3 aromatic rings. The molecule has 0 N–H and O–H groups in total. The minimum absolute atomic E-state index is 0.162. The van der Waals surface area contributed by atoms with Crippen molar-refractivity contribution in [3.8, 4) is 17.2 Å². The molecule has 0 unspecified atom stereocenters. The second kappa shape index (κ2) is 6.64. The molecule has 1 aromatic heterocycles. The number of nitrogens with zero attached hydrogens (tertiary/aromatic N) is 4. The summed E-state index contributed by atoms with van der Waals surface area (Å²) in [6.45, 7) is 6.91. The number of aromatic nitrogens is 4. The predicted molar refractivity (Wildman–Crippen MR) is 100.0 cm³/mol. The molecule has 0 amide bonds. The Morgan fingerprint density at radius 1 is 1.04 bits per heavy atom. The fourth-order valence-corrected chi connectivity index (χ4v) is 3.54. The number of hydrogen-bond donors (Lipinski definition) is 0. The van der Waals surface area contributed by atoms with Crippen LogP contribution in [0.4, 0.5) is 0 Å². The second-order valence-electron chi connectivity index (χ2n) is 7.15. The normalized spacial score (nSPS) is 13.2. The highest BCUT2D eigenvalue weighted by Gasteiger charge is 2.17. The van der Waals surface area contributed by atoms with Gasteiger partial charge in [-0.05, 0) is 39.1 Å². The SMILES string of the molecule is CC(C)(C)c1ccc(CSc2nnnn2-c2ccc3c(c2)OCO3)cc1. The fourth-order valence-electron chi connectivity index (χ4n) is 2.70. The molecule has 4 rings (SSSR count). The Morgan fingerprint density at radius 2 is 1.81 bits per heavy atom. The van der Waals surface area contributed by atoms with Crippen molar-refractivity contribution in [3.05, 3.63) is 53.6 Å². The lowest BCUT2D eigenvalue weighted by molar-refractivity contribution is 0.174. The van der Waals surface area contributed by atoms with Crippen LogP contribution in [0.2, 0.25) is 0 Å². The number of benzene rings is 2. The van der Waals surface area contributed by atoms with Gasteiger partial charge in [-0.3, -0.25) is 0 Å². The van der Waals surface area contributed by atoms with Crippen LogP contribution in [0.25, 0.3) is 5.69 Å². The van der Waals surface area contributed by atoms with Crippen LogP contribution in [-0.2, 0) is 11.2 Å². The summed E-state index contributed by atoms with van der Waals surface area (Å²) in [5.41, 5.74) is 3.58. The largest absolute Gasteiger partial charge is 0.454 e. The number of tetrazole rings is 1. The number of rotatable bonds is 4. The molecule has 0 radical (unpaired) electrons. The molecule has 0 saturated heterocycles. The number of hydrogen-bond acceptors (Lipinski definition) is 6. The van der Waals surface area contributed by atoms with Crippen molar-refractivity contribution < 1.29 is 9.47 Å². The van der Waals surface area contributed by atoms with Gasteiger partial charge in [-0.25, -0.2) is 0 Å². The minimum Gasteiger partial charge on any atom is -0.454 e. The fraction of sp³-hybridized carbons (Fsp3) is 0.316. The van der Waals surface area contributed by atoms with Crippen LogP contribution in [0.15, 0.2) is 47.6 Å². The molecular weight excluding hydrogens is 348 g/mol. The Bertz CT molecular complexity index is 916. The van der Waals surface area contributed by atoms with E-state index in [0.717, 1.165) is 22.3 Å². The highest BCUT2D eigenvalue weighted by molar-refractivity contribution is 7.98. The summed E-state index contributed by atoms with van der Waals surface area (Å²) in [6.07, 6.45) is 0. The zero-order valence-corrected chi connectivity index (χ0v) is 15.8. The molecule has 0 saturated carbocycles. The topological polar surface area (TPSA) is 62.1 Å². The maximum Gasteiger partial charge on any atom is 0.231 e. The number of fused-ring (bicyclic) bond motifs is 1. The van der Waals surface area contributed by atoms with Gasteiger partial charge in [-0.15, -0.1) is 5.10 Å². The summed E-state index contributed by atoms with van der Waals surface area (Å²) in [4.78, 5) is 0. The molecule has 26 heavy (non-hydrogen) atoms. The van der Waals surface area contributed by atoms with Gasteiger partial charge in [0.15, 0.2) is 11.5 Å². The zero-order chi connectivity index (χ0) is 18.1. The summed E-state index contributed by atoms with van der Waals surface area (Å²) in [5, 5.41) is 12.8. The van der Waals surface area contributed by atoms with E-state index in [1.54, 1.807) is 16.4 Å². The number of thioether (sulfide) groups is 1. The van der Waals surface area contributed by atoms with Gasteiger partial charge in [0.05, 0.1) is 5.69 Å². The first-order valence-corrected chi connectivity index (χ1v) is 9.40. The molecule has 6 nitrogen and oxygen atoms in total. The van der Waals surface area contributed by atoms with Crippen molar-refractivity contribution in [1.82, 2.24) is 20.2 Å². The molecular formula is C19H20N4O2S. The van der Waals surface area contributed by atoms with Gasteiger partial charge in [0.2, 0.25) is 11.9 Å². The third-order valence-electron chi connectivity index (χ3n) is 4.23. The first-order valence-electron chi connectivity index (χ1n) is 8.41. The predicted octanol–water partition coefficient (Wildman–Crippen LogP) is 3.98. The first kappa shape index (κ1) is 16.9. The smallest absolute Gasteiger partial charge is 0.231 e. The Morgan fingerprint density at radius 3 is 2.58 bits per heavy atom. The lowest BCUT2D eigenvalue weighted by Crippen LogP contribution is -2.10. The third kappa shape index (κ3) is 3.39. The van der Waals surface area contributed by atoms with E-state index in [2.05, 4.69) is 60.6 Å². The van der Waals surface area contributed by atoms with E-state index in [4.69, 9.17) is 9.47 Å². The van der Waals surface area contributed by atoms with Crippen molar-refractivity contribution in [2.45, 2.75) is 37.1 Å². The Labute approximate surface area is 156 Å². The quantitative estimate of drug-likeness (QED) is 0.649. The van der Waals surface area contributed by atoms with Gasteiger partial charge in [0, 0.05) is 11.8 Å². The Kier molecular flexibility index (Phi) is 4.32. The van der Waals surface area contributed by atoms with E-state index in [9.17, 15) is 0 Å². The van der Waals surface area contributed by atoms with Crippen molar-refractivity contribution >= 4 is 11.8 Å². The van der Waals surface area contributed by atoms with Crippen LogP contribution < -0.4 is 9.47 Å². The average molecular weight is 368 g/mol. The second-order valence-corrected chi connectivity index (χ2v) is 8.09. The maximum atomic E-state index is 5.43. The van der Waals surface area contributed by atoms with Gasteiger partial charge < -0.3 is 9.47 Å². The third-order valence-corrected chi connectivity index (χ3v) is 5.22. The highest BCUT2D eigenvalue weighted by atomic mass is 32.2. The van der Waals surface area contributed by atoms with Gasteiger partial charge in [0.1, 0.15) is 0 Å². The van der Waals surface area contributed by atoms with E-state index < -0.39 is 0 Å². The van der Waals surface area contributed by atoms with E-state index in [1.807, 2.05) is 18.2 Å². The maximum absolute atomic E-state index is 5.43. The summed E-state index contributed by atoms with van der Waals surface area (Å²) < 4.78 is 12.5. The number of ether oxygens (including phenoxy) is 2. The van der Waals surface area contributed by atoms with Crippen molar-refractivity contribution in [1.29, 1.82) is 0 Å². The molecule has 0 spiro atoms. The summed E-state index contributed by atoms with van der Waals surface area (Å²) in [6, 6.07) is 14.4. The van der Waals surface area contributed by atoms with Crippen LogP contribution in [0.1, 0.15) is 31.9 Å². The van der Waals surface area contributed by atoms with E-state index in [0.29, 0.717) is 5.75 Å². The van der Waals surface area contributed by atoms with Crippen LogP contribution in [0, 0.1) is 0 Å². The average Bonchev–Trinajstić information content (AvgIpc) is 3.27. The Balaban J connectivity index is 1.49. The van der Waals surface area contributed by atoms with Gasteiger partial charge >= 0.3 is 0 Å². The Hall–Kier alpha value is -2.54. The van der Waals surface area contributed by atoms with Crippen molar-refractivity contribution in [2.75, 3.05) is 6.79 Å². The molecule has 2 heterocycles. The molecule has 0 fully saturated rings. The van der Waals surface area contributed by atoms with Crippen LogP contribution in [0.3, 0.4) is 0 Å². The molecule has 0 bridgehead atoms. The van der Waals surface area contributed by atoms with Crippen LogP contribution >= 0.6 is 11.8 Å². The molecule has 2 aromatic carbocycles. The van der Waals surface area contributed by atoms with Gasteiger partial charge in [-0.1, -0.05) is 56.8 Å².